The summed E-state index contributed by atoms with van der Waals surface area (Å²) in [5, 5.41) is 0. The van der Waals surface area contributed by atoms with E-state index in [-0.39, 0.29) is 24.5 Å². The lowest BCUT2D eigenvalue weighted by Crippen LogP contribution is -2.42. The van der Waals surface area contributed by atoms with Crippen molar-refractivity contribution in [2.75, 3.05) is 11.4 Å². The van der Waals surface area contributed by atoms with Crippen molar-refractivity contribution in [3.63, 3.8) is 0 Å². The van der Waals surface area contributed by atoms with Gasteiger partial charge < -0.3 is 14.2 Å². The molecule has 0 N–H and O–H groups in total. The number of Topliss-reactive ketones (excluding diaryl/α,β-unsaturated/α-hetero) is 1. The van der Waals surface area contributed by atoms with Crippen LogP contribution in [-0.2, 0) is 31.5 Å². The molecule has 1 amide bonds. The van der Waals surface area contributed by atoms with Gasteiger partial charge in [-0.3, -0.25) is 9.59 Å². The number of ketones is 1. The average molecular weight is 501 g/mol. The largest absolute Gasteiger partial charge is 0.494 e. The SMILES string of the molecule is CC1(C)OB(c2ccc(N3CCC[C@@H](CC(=O)Cc4ccc(C(F)(F)F)cc4)C3=O)cc2)OC1(C)C. The average Bonchev–Trinajstić information content (AvgIpc) is 3.02. The fraction of sp³-hybridized carbons (Fsp3) is 0.481. The van der Waals surface area contributed by atoms with E-state index < -0.39 is 36.0 Å². The van der Waals surface area contributed by atoms with Crippen molar-refractivity contribution in [3.05, 3.63) is 59.7 Å². The van der Waals surface area contributed by atoms with Gasteiger partial charge in [0.15, 0.2) is 0 Å². The highest BCUT2D eigenvalue weighted by Crippen LogP contribution is 2.37. The summed E-state index contributed by atoms with van der Waals surface area (Å²) in [5.74, 6) is -0.708. The van der Waals surface area contributed by atoms with Crippen molar-refractivity contribution in [2.45, 2.75) is 70.8 Å². The van der Waals surface area contributed by atoms with E-state index in [1.807, 2.05) is 52.0 Å². The van der Waals surface area contributed by atoms with Crippen LogP contribution in [0, 0.1) is 5.92 Å². The van der Waals surface area contributed by atoms with E-state index in [9.17, 15) is 22.8 Å². The van der Waals surface area contributed by atoms with Gasteiger partial charge in [-0.15, -0.1) is 0 Å². The Morgan fingerprint density at radius 3 is 2.14 bits per heavy atom. The Morgan fingerprint density at radius 2 is 1.58 bits per heavy atom. The van der Waals surface area contributed by atoms with Gasteiger partial charge in [0.05, 0.1) is 16.8 Å². The van der Waals surface area contributed by atoms with Gasteiger partial charge in [-0.25, -0.2) is 0 Å². The first-order chi connectivity index (χ1) is 16.8. The van der Waals surface area contributed by atoms with Crippen molar-refractivity contribution in [2.24, 2.45) is 5.92 Å². The maximum Gasteiger partial charge on any atom is 0.494 e. The highest BCUT2D eigenvalue weighted by atomic mass is 19.4. The summed E-state index contributed by atoms with van der Waals surface area (Å²) >= 11 is 0. The third-order valence-electron chi connectivity index (χ3n) is 7.44. The van der Waals surface area contributed by atoms with E-state index in [0.717, 1.165) is 29.7 Å². The number of amides is 1. The molecule has 2 heterocycles. The zero-order valence-electron chi connectivity index (χ0n) is 21.0. The molecule has 2 aromatic carbocycles. The summed E-state index contributed by atoms with van der Waals surface area (Å²) in [6.07, 6.45) is -2.96. The summed E-state index contributed by atoms with van der Waals surface area (Å²) in [6.45, 7) is 8.54. The van der Waals surface area contributed by atoms with E-state index in [0.29, 0.717) is 18.5 Å². The molecule has 9 heteroatoms. The lowest BCUT2D eigenvalue weighted by atomic mass is 9.79. The molecule has 2 fully saturated rings. The van der Waals surface area contributed by atoms with Gasteiger partial charge >= 0.3 is 13.3 Å². The molecule has 5 nitrogen and oxygen atoms in total. The van der Waals surface area contributed by atoms with E-state index in [1.165, 1.54) is 12.1 Å². The Bertz CT molecular complexity index is 1100. The van der Waals surface area contributed by atoms with Crippen LogP contribution in [0.2, 0.25) is 0 Å². The second kappa shape index (κ2) is 9.67. The van der Waals surface area contributed by atoms with Crippen LogP contribution < -0.4 is 10.4 Å². The van der Waals surface area contributed by atoms with E-state index in [2.05, 4.69) is 0 Å². The minimum absolute atomic E-state index is 0.00466. The molecule has 36 heavy (non-hydrogen) atoms. The second-order valence-corrected chi connectivity index (χ2v) is 10.6. The van der Waals surface area contributed by atoms with Crippen LogP contribution in [-0.4, -0.2) is 36.6 Å². The monoisotopic (exact) mass is 501 g/mol. The number of hydrogen-bond donors (Lipinski definition) is 0. The maximum atomic E-state index is 13.2. The van der Waals surface area contributed by atoms with Crippen molar-refractivity contribution in [3.8, 4) is 0 Å². The number of piperidine rings is 1. The maximum absolute atomic E-state index is 13.2. The fourth-order valence-electron chi connectivity index (χ4n) is 4.57. The number of nitrogens with zero attached hydrogens (tertiary/aromatic N) is 1. The Labute approximate surface area is 210 Å². The first kappa shape index (κ1) is 26.4. The van der Waals surface area contributed by atoms with Gasteiger partial charge in [0.1, 0.15) is 5.78 Å². The molecule has 0 spiro atoms. The topological polar surface area (TPSA) is 55.8 Å². The Morgan fingerprint density at radius 1 is 1.00 bits per heavy atom. The summed E-state index contributed by atoms with van der Waals surface area (Å²) in [7, 11) is -0.489. The number of anilines is 1. The van der Waals surface area contributed by atoms with Crippen LogP contribution in [0.3, 0.4) is 0 Å². The molecule has 2 aliphatic rings. The van der Waals surface area contributed by atoms with Crippen molar-refractivity contribution in [1.82, 2.24) is 0 Å². The molecule has 0 aliphatic carbocycles. The molecule has 192 valence electrons. The van der Waals surface area contributed by atoms with Gasteiger partial charge in [-0.05, 0) is 75.8 Å². The van der Waals surface area contributed by atoms with Gasteiger partial charge in [-0.1, -0.05) is 24.3 Å². The van der Waals surface area contributed by atoms with Crippen LogP contribution >= 0.6 is 0 Å². The predicted molar refractivity (Wildman–Crippen MR) is 132 cm³/mol. The lowest BCUT2D eigenvalue weighted by molar-refractivity contribution is -0.137. The van der Waals surface area contributed by atoms with Crippen LogP contribution in [0.15, 0.2) is 48.5 Å². The summed E-state index contributed by atoms with van der Waals surface area (Å²) in [5.41, 5.74) is 0.483. The van der Waals surface area contributed by atoms with Gasteiger partial charge in [0.2, 0.25) is 5.91 Å². The van der Waals surface area contributed by atoms with E-state index in [1.54, 1.807) is 4.90 Å². The Hall–Kier alpha value is -2.65. The van der Waals surface area contributed by atoms with Gasteiger partial charge in [-0.2, -0.15) is 13.2 Å². The van der Waals surface area contributed by atoms with Crippen molar-refractivity contribution < 1.29 is 32.1 Å². The third kappa shape index (κ3) is 5.52. The standard InChI is InChI=1S/C27H31BF3NO4/c1-25(2)26(3,4)36-28(35-25)21-11-13-22(14-12-21)32-15-5-6-19(24(32)34)17-23(33)16-18-7-9-20(10-8-18)27(29,30)31/h7-14,19H,5-6,15-17H2,1-4H3/t19-/m0/s1. The summed E-state index contributed by atoms with van der Waals surface area (Å²) < 4.78 is 50.4. The van der Waals surface area contributed by atoms with Crippen LogP contribution in [0.5, 0.6) is 0 Å². The zero-order valence-corrected chi connectivity index (χ0v) is 21.0. The number of carbonyl (C=O) groups is 2. The molecule has 1 atom stereocenters. The minimum atomic E-state index is -4.41. The molecule has 0 bridgehead atoms. The zero-order chi connectivity index (χ0) is 26.3. The highest BCUT2D eigenvalue weighted by molar-refractivity contribution is 6.62. The normalized spacial score (nSPS) is 21.6. The van der Waals surface area contributed by atoms with E-state index >= 15 is 0 Å². The lowest BCUT2D eigenvalue weighted by Gasteiger charge is -2.32. The smallest absolute Gasteiger partial charge is 0.399 e. The molecular formula is C27H31BF3NO4. The Balaban J connectivity index is 1.37. The first-order valence-corrected chi connectivity index (χ1v) is 12.2. The molecule has 0 aromatic heterocycles. The number of hydrogen-bond acceptors (Lipinski definition) is 4. The Kier molecular flexibility index (Phi) is 7.10. The molecule has 2 aliphatic heterocycles. The number of halogens is 3. The highest BCUT2D eigenvalue weighted by Gasteiger charge is 2.51. The summed E-state index contributed by atoms with van der Waals surface area (Å²) in [6, 6.07) is 12.1. The molecule has 2 saturated heterocycles. The quantitative estimate of drug-likeness (QED) is 0.526. The third-order valence-corrected chi connectivity index (χ3v) is 7.44. The number of carbonyl (C=O) groups excluding carboxylic acids is 2. The van der Waals surface area contributed by atoms with Gasteiger partial charge in [0, 0.05) is 31.0 Å². The van der Waals surface area contributed by atoms with Crippen LogP contribution in [0.4, 0.5) is 18.9 Å². The molecule has 0 unspecified atom stereocenters. The fourth-order valence-corrected chi connectivity index (χ4v) is 4.57. The predicted octanol–water partition coefficient (Wildman–Crippen LogP) is 4.95. The first-order valence-electron chi connectivity index (χ1n) is 12.2. The molecule has 0 radical (unpaired) electrons. The second-order valence-electron chi connectivity index (χ2n) is 10.6. The molecule has 0 saturated carbocycles. The molecule has 2 aromatic rings. The minimum Gasteiger partial charge on any atom is -0.399 e. The molecular weight excluding hydrogens is 470 g/mol. The van der Waals surface area contributed by atoms with E-state index in [4.69, 9.17) is 9.31 Å². The number of alkyl halides is 3. The van der Waals surface area contributed by atoms with Crippen molar-refractivity contribution in [1.29, 1.82) is 0 Å². The number of benzene rings is 2. The van der Waals surface area contributed by atoms with Crippen molar-refractivity contribution >= 4 is 30.0 Å². The number of rotatable bonds is 6. The van der Waals surface area contributed by atoms with Gasteiger partial charge in [0.25, 0.3) is 0 Å². The summed E-state index contributed by atoms with van der Waals surface area (Å²) in [4.78, 5) is 27.5. The molecule has 4 rings (SSSR count). The van der Waals surface area contributed by atoms with Crippen LogP contribution in [0.1, 0.15) is 58.1 Å². The van der Waals surface area contributed by atoms with Crippen LogP contribution in [0.25, 0.3) is 0 Å².